The predicted molar refractivity (Wildman–Crippen MR) is 110 cm³/mol. The van der Waals surface area contributed by atoms with Crippen LogP contribution in [0.1, 0.15) is 97.8 Å². The van der Waals surface area contributed by atoms with Gasteiger partial charge in [-0.3, -0.25) is 4.79 Å². The van der Waals surface area contributed by atoms with Gasteiger partial charge in [0.05, 0.1) is 7.11 Å². The lowest BCUT2D eigenvalue weighted by Gasteiger charge is -2.61. The van der Waals surface area contributed by atoms with Crippen LogP contribution >= 0.6 is 0 Å². The average molecular weight is 375 g/mol. The summed E-state index contributed by atoms with van der Waals surface area (Å²) in [5.74, 6) is 5.38. The molecule has 0 aromatic heterocycles. The van der Waals surface area contributed by atoms with Crippen molar-refractivity contribution in [1.29, 1.82) is 0 Å². The van der Waals surface area contributed by atoms with E-state index < -0.39 is 0 Å². The first-order valence-corrected chi connectivity index (χ1v) is 12.0. The van der Waals surface area contributed by atoms with E-state index in [-0.39, 0.29) is 5.97 Å². The molecule has 27 heavy (non-hydrogen) atoms. The van der Waals surface area contributed by atoms with E-state index in [4.69, 9.17) is 4.74 Å². The quantitative estimate of drug-likeness (QED) is 0.517. The molecule has 4 saturated carbocycles. The summed E-state index contributed by atoms with van der Waals surface area (Å²) in [5.41, 5.74) is 1.17. The fourth-order valence-corrected chi connectivity index (χ4v) is 8.92. The van der Waals surface area contributed by atoms with Gasteiger partial charge in [0.2, 0.25) is 0 Å². The van der Waals surface area contributed by atoms with Gasteiger partial charge in [-0.1, -0.05) is 33.6 Å². The Kier molecular flexibility index (Phi) is 5.40. The van der Waals surface area contributed by atoms with Crippen LogP contribution in [0.15, 0.2) is 0 Å². The first kappa shape index (κ1) is 19.8. The number of fused-ring (bicyclic) bond motifs is 5. The smallest absolute Gasteiger partial charge is 0.305 e. The van der Waals surface area contributed by atoms with Crippen LogP contribution in [-0.4, -0.2) is 13.1 Å². The number of rotatable bonds is 4. The summed E-state index contributed by atoms with van der Waals surface area (Å²) in [4.78, 5) is 11.6. The summed E-state index contributed by atoms with van der Waals surface area (Å²) < 4.78 is 4.89. The Morgan fingerprint density at radius 2 is 1.74 bits per heavy atom. The molecule has 4 rings (SSSR count). The van der Waals surface area contributed by atoms with Crippen molar-refractivity contribution in [2.24, 2.45) is 46.3 Å². The zero-order valence-corrected chi connectivity index (χ0v) is 18.3. The Balaban J connectivity index is 1.49. The van der Waals surface area contributed by atoms with Gasteiger partial charge in [-0.2, -0.15) is 0 Å². The summed E-state index contributed by atoms with van der Waals surface area (Å²) in [6.07, 6.45) is 16.4. The van der Waals surface area contributed by atoms with Gasteiger partial charge in [-0.05, 0) is 104 Å². The molecule has 0 amide bonds. The maximum atomic E-state index is 11.6. The maximum Gasteiger partial charge on any atom is 0.305 e. The monoisotopic (exact) mass is 374 g/mol. The normalized spacial score (nSPS) is 47.5. The Hall–Kier alpha value is -0.530. The molecule has 0 N–H and O–H groups in total. The minimum atomic E-state index is -0.0335. The number of hydrogen-bond donors (Lipinski definition) is 0. The van der Waals surface area contributed by atoms with E-state index in [2.05, 4.69) is 20.8 Å². The molecule has 4 fully saturated rings. The maximum absolute atomic E-state index is 11.6. The average Bonchev–Trinajstić information content (AvgIpc) is 3.02. The number of carbonyl (C=O) groups is 1. The van der Waals surface area contributed by atoms with E-state index >= 15 is 0 Å². The van der Waals surface area contributed by atoms with E-state index in [1.165, 1.54) is 71.3 Å². The highest BCUT2D eigenvalue weighted by Crippen LogP contribution is 2.68. The zero-order chi connectivity index (χ0) is 19.2. The lowest BCUT2D eigenvalue weighted by atomic mass is 9.44. The molecule has 0 heterocycles. The van der Waals surface area contributed by atoms with Gasteiger partial charge >= 0.3 is 5.97 Å². The zero-order valence-electron chi connectivity index (χ0n) is 18.3. The van der Waals surface area contributed by atoms with Gasteiger partial charge in [-0.15, -0.1) is 0 Å². The number of hydrogen-bond acceptors (Lipinski definition) is 2. The van der Waals surface area contributed by atoms with Crippen molar-refractivity contribution >= 4 is 5.97 Å². The third-order valence-corrected chi connectivity index (χ3v) is 10.4. The van der Waals surface area contributed by atoms with Crippen molar-refractivity contribution in [3.63, 3.8) is 0 Å². The topological polar surface area (TPSA) is 26.3 Å². The van der Waals surface area contributed by atoms with Crippen molar-refractivity contribution < 1.29 is 9.53 Å². The number of ether oxygens (including phenoxy) is 1. The van der Waals surface area contributed by atoms with Crippen LogP contribution in [0.2, 0.25) is 0 Å². The van der Waals surface area contributed by atoms with Crippen LogP contribution < -0.4 is 0 Å². The second kappa shape index (κ2) is 7.38. The van der Waals surface area contributed by atoms with Crippen molar-refractivity contribution in [2.45, 2.75) is 97.8 Å². The van der Waals surface area contributed by atoms with Crippen molar-refractivity contribution in [3.05, 3.63) is 0 Å². The molecular weight excluding hydrogens is 332 g/mol. The third-order valence-electron chi connectivity index (χ3n) is 10.4. The van der Waals surface area contributed by atoms with E-state index in [1.54, 1.807) is 0 Å². The lowest BCUT2D eigenvalue weighted by molar-refractivity contribution is -0.141. The number of methoxy groups -OCH3 is 1. The fraction of sp³-hybridized carbons (Fsp3) is 0.960. The summed E-state index contributed by atoms with van der Waals surface area (Å²) in [5, 5.41) is 0. The molecule has 2 nitrogen and oxygen atoms in total. The van der Waals surface area contributed by atoms with Crippen molar-refractivity contribution in [2.75, 3.05) is 7.11 Å². The summed E-state index contributed by atoms with van der Waals surface area (Å²) in [6.45, 7) is 7.73. The molecule has 154 valence electrons. The van der Waals surface area contributed by atoms with Crippen LogP contribution in [-0.2, 0) is 9.53 Å². The molecule has 0 unspecified atom stereocenters. The van der Waals surface area contributed by atoms with Crippen LogP contribution in [0.5, 0.6) is 0 Å². The molecule has 0 bridgehead atoms. The van der Waals surface area contributed by atoms with Crippen molar-refractivity contribution in [1.82, 2.24) is 0 Å². The van der Waals surface area contributed by atoms with Crippen LogP contribution in [0.3, 0.4) is 0 Å². The van der Waals surface area contributed by atoms with Gasteiger partial charge < -0.3 is 4.74 Å². The van der Waals surface area contributed by atoms with Crippen molar-refractivity contribution in [3.8, 4) is 0 Å². The molecule has 2 heteroatoms. The molecule has 0 spiro atoms. The van der Waals surface area contributed by atoms with Gasteiger partial charge in [0, 0.05) is 6.42 Å². The summed E-state index contributed by atoms with van der Waals surface area (Å²) in [7, 11) is 1.52. The van der Waals surface area contributed by atoms with Crippen LogP contribution in [0, 0.1) is 46.3 Å². The number of esters is 1. The van der Waals surface area contributed by atoms with Gasteiger partial charge in [-0.25, -0.2) is 0 Å². The van der Waals surface area contributed by atoms with Crippen LogP contribution in [0.25, 0.3) is 0 Å². The Morgan fingerprint density at radius 1 is 0.963 bits per heavy atom. The molecule has 0 radical (unpaired) electrons. The molecular formula is C25H42O2. The minimum absolute atomic E-state index is 0.0335. The molecule has 0 aromatic rings. The van der Waals surface area contributed by atoms with E-state index in [0.29, 0.717) is 23.2 Å². The van der Waals surface area contributed by atoms with E-state index in [1.807, 2.05) is 0 Å². The first-order chi connectivity index (χ1) is 12.9. The molecule has 0 aromatic carbocycles. The van der Waals surface area contributed by atoms with E-state index in [0.717, 1.165) is 36.0 Å². The molecule has 4 aliphatic rings. The standard InChI is InChI=1S/C25H42O2/c1-17(8-13-23(26)27-4)20-11-12-21-19-10-9-18-7-5-6-15-24(18,2)22(19)14-16-25(20,21)3/h17-22H,5-16H2,1-4H3/t17-,18-,19-,20+,21-,22-,24+,25+/m1/s1. The number of carbonyl (C=O) groups excluding carboxylic acids is 1. The minimum Gasteiger partial charge on any atom is -0.469 e. The second-order valence-corrected chi connectivity index (χ2v) is 11.2. The van der Waals surface area contributed by atoms with E-state index in [9.17, 15) is 4.79 Å². The fourth-order valence-electron chi connectivity index (χ4n) is 8.92. The second-order valence-electron chi connectivity index (χ2n) is 11.2. The Labute approximate surface area is 167 Å². The molecule has 0 saturated heterocycles. The van der Waals surface area contributed by atoms with Gasteiger partial charge in [0.25, 0.3) is 0 Å². The Morgan fingerprint density at radius 3 is 2.52 bits per heavy atom. The molecule has 0 aliphatic heterocycles. The van der Waals surface area contributed by atoms with Gasteiger partial charge in [0.15, 0.2) is 0 Å². The Bertz CT molecular complexity index is 557. The predicted octanol–water partition coefficient (Wildman–Crippen LogP) is 6.62. The highest BCUT2D eigenvalue weighted by Gasteiger charge is 2.60. The summed E-state index contributed by atoms with van der Waals surface area (Å²) in [6, 6.07) is 0. The highest BCUT2D eigenvalue weighted by molar-refractivity contribution is 5.69. The molecule has 4 aliphatic carbocycles. The lowest BCUT2D eigenvalue weighted by Crippen LogP contribution is -2.53. The highest BCUT2D eigenvalue weighted by atomic mass is 16.5. The van der Waals surface area contributed by atoms with Gasteiger partial charge in [0.1, 0.15) is 0 Å². The first-order valence-electron chi connectivity index (χ1n) is 12.0. The summed E-state index contributed by atoms with van der Waals surface area (Å²) >= 11 is 0. The third kappa shape index (κ3) is 3.18. The molecule has 8 atom stereocenters. The largest absolute Gasteiger partial charge is 0.469 e. The SMILES string of the molecule is COC(=O)CC[C@@H](C)[C@@H]1CC[C@@H]2[C@H]3CC[C@H]4CCCC[C@]4(C)[C@@H]3CC[C@]21C. The van der Waals surface area contributed by atoms with Crippen LogP contribution in [0.4, 0.5) is 0 Å².